The molecule has 0 spiro atoms. The van der Waals surface area contributed by atoms with E-state index in [1.54, 1.807) is 59.1 Å². The van der Waals surface area contributed by atoms with E-state index in [1.165, 1.54) is 0 Å². The molecule has 0 saturated heterocycles. The first kappa shape index (κ1) is 18.7. The van der Waals surface area contributed by atoms with E-state index in [9.17, 15) is 9.59 Å². The molecule has 1 aromatic rings. The molecular formula is C18H24O5. The maximum Gasteiger partial charge on any atom is 0.334 e. The first-order valence-corrected chi connectivity index (χ1v) is 7.48. The Labute approximate surface area is 137 Å². The van der Waals surface area contributed by atoms with Crippen molar-refractivity contribution in [1.82, 2.24) is 0 Å². The van der Waals surface area contributed by atoms with Crippen LogP contribution in [0.15, 0.2) is 29.8 Å². The highest BCUT2D eigenvalue weighted by Crippen LogP contribution is 2.19. The van der Waals surface area contributed by atoms with Gasteiger partial charge < -0.3 is 14.2 Å². The fourth-order valence-electron chi connectivity index (χ4n) is 1.87. The Morgan fingerprint density at radius 1 is 1.22 bits per heavy atom. The van der Waals surface area contributed by atoms with E-state index in [2.05, 4.69) is 0 Å². The molecule has 1 rings (SSSR count). The van der Waals surface area contributed by atoms with Crippen molar-refractivity contribution in [2.45, 2.75) is 39.7 Å². The van der Waals surface area contributed by atoms with Crippen LogP contribution in [0, 0.1) is 0 Å². The highest BCUT2D eigenvalue weighted by atomic mass is 16.6. The summed E-state index contributed by atoms with van der Waals surface area (Å²) in [5.74, 6) is -0.333. The number of hydrogen-bond donors (Lipinski definition) is 0. The number of rotatable bonds is 6. The van der Waals surface area contributed by atoms with E-state index in [4.69, 9.17) is 14.2 Å². The molecule has 0 aliphatic rings. The van der Waals surface area contributed by atoms with Crippen molar-refractivity contribution in [3.63, 3.8) is 0 Å². The summed E-state index contributed by atoms with van der Waals surface area (Å²) in [5.41, 5.74) is 0.387. The molecule has 0 unspecified atom stereocenters. The minimum Gasteiger partial charge on any atom is -0.497 e. The molecule has 0 N–H and O–H groups in total. The Hall–Kier alpha value is -2.30. The van der Waals surface area contributed by atoms with Gasteiger partial charge in [-0.3, -0.25) is 4.79 Å². The van der Waals surface area contributed by atoms with Gasteiger partial charge in [0, 0.05) is 5.57 Å². The smallest absolute Gasteiger partial charge is 0.334 e. The van der Waals surface area contributed by atoms with Crippen molar-refractivity contribution in [2.75, 3.05) is 13.7 Å². The highest BCUT2D eigenvalue weighted by molar-refractivity contribution is 5.98. The molecule has 0 aromatic heterocycles. The molecular weight excluding hydrogens is 296 g/mol. The van der Waals surface area contributed by atoms with Gasteiger partial charge in [-0.05, 0) is 51.5 Å². The second kappa shape index (κ2) is 8.36. The summed E-state index contributed by atoms with van der Waals surface area (Å²) in [6.45, 7) is 7.29. The van der Waals surface area contributed by atoms with Crippen molar-refractivity contribution in [3.8, 4) is 5.75 Å². The number of hydrogen-bond acceptors (Lipinski definition) is 5. The first-order valence-electron chi connectivity index (χ1n) is 7.48. The molecule has 23 heavy (non-hydrogen) atoms. The molecule has 5 nitrogen and oxygen atoms in total. The van der Waals surface area contributed by atoms with Crippen molar-refractivity contribution >= 4 is 18.0 Å². The lowest BCUT2D eigenvalue weighted by Crippen LogP contribution is -2.25. The Balaban J connectivity index is 3.02. The zero-order chi connectivity index (χ0) is 17.5. The molecule has 0 saturated carbocycles. The number of ether oxygens (including phenoxy) is 3. The largest absolute Gasteiger partial charge is 0.497 e. The molecule has 0 aliphatic carbocycles. The number of esters is 2. The van der Waals surface area contributed by atoms with E-state index >= 15 is 0 Å². The SMILES string of the molecule is CCOC(=O)/C(=C/c1cccc(OC)c1)CC(=O)OC(C)(C)C. The van der Waals surface area contributed by atoms with Crippen molar-refractivity contribution in [1.29, 1.82) is 0 Å². The Morgan fingerprint density at radius 2 is 1.91 bits per heavy atom. The fraction of sp³-hybridized carbons (Fsp3) is 0.444. The Morgan fingerprint density at radius 3 is 2.48 bits per heavy atom. The molecule has 1 aromatic carbocycles. The average Bonchev–Trinajstić information content (AvgIpc) is 2.45. The third-order valence-electron chi connectivity index (χ3n) is 2.73. The molecule has 0 heterocycles. The second-order valence-electron chi connectivity index (χ2n) is 5.93. The van der Waals surface area contributed by atoms with Gasteiger partial charge in [0.15, 0.2) is 0 Å². The lowest BCUT2D eigenvalue weighted by Gasteiger charge is -2.19. The van der Waals surface area contributed by atoms with Crippen molar-refractivity contribution in [2.24, 2.45) is 0 Å². The third-order valence-corrected chi connectivity index (χ3v) is 2.73. The zero-order valence-corrected chi connectivity index (χ0v) is 14.3. The van der Waals surface area contributed by atoms with Gasteiger partial charge in [0.2, 0.25) is 0 Å². The lowest BCUT2D eigenvalue weighted by atomic mass is 10.1. The van der Waals surface area contributed by atoms with E-state index in [-0.39, 0.29) is 18.6 Å². The summed E-state index contributed by atoms with van der Waals surface area (Å²) >= 11 is 0. The highest BCUT2D eigenvalue weighted by Gasteiger charge is 2.21. The van der Waals surface area contributed by atoms with Gasteiger partial charge >= 0.3 is 11.9 Å². The third kappa shape index (κ3) is 7.00. The number of benzene rings is 1. The van der Waals surface area contributed by atoms with Crippen LogP contribution in [-0.2, 0) is 19.1 Å². The second-order valence-corrected chi connectivity index (χ2v) is 5.93. The van der Waals surface area contributed by atoms with Crippen LogP contribution in [0.5, 0.6) is 5.75 Å². The predicted molar refractivity (Wildman–Crippen MR) is 88.1 cm³/mol. The van der Waals surface area contributed by atoms with Gasteiger partial charge in [-0.25, -0.2) is 4.79 Å². The molecule has 0 radical (unpaired) electrons. The van der Waals surface area contributed by atoms with Crippen LogP contribution in [0.4, 0.5) is 0 Å². The standard InChI is InChI=1S/C18H24O5/c1-6-22-17(20)14(12-16(19)23-18(2,3)4)10-13-8-7-9-15(11-13)21-5/h7-11H,6,12H2,1-5H3/b14-10+. The normalized spacial score (nSPS) is 11.8. The average molecular weight is 320 g/mol. The number of methoxy groups -OCH3 is 1. The Kier molecular flexibility index (Phi) is 6.82. The maximum atomic E-state index is 12.1. The predicted octanol–water partition coefficient (Wildman–Crippen LogP) is 3.37. The van der Waals surface area contributed by atoms with E-state index in [0.717, 1.165) is 5.56 Å². The fourth-order valence-corrected chi connectivity index (χ4v) is 1.87. The van der Waals surface area contributed by atoms with Crippen LogP contribution in [0.3, 0.4) is 0 Å². The van der Waals surface area contributed by atoms with Crippen LogP contribution in [0.2, 0.25) is 0 Å². The first-order chi connectivity index (χ1) is 10.7. The summed E-state index contributed by atoms with van der Waals surface area (Å²) < 4.78 is 15.4. The molecule has 5 heteroatoms. The van der Waals surface area contributed by atoms with Crippen molar-refractivity contribution in [3.05, 3.63) is 35.4 Å². The minimum atomic E-state index is -0.604. The van der Waals surface area contributed by atoms with E-state index < -0.39 is 17.5 Å². The molecule has 126 valence electrons. The topological polar surface area (TPSA) is 61.8 Å². The molecule has 0 amide bonds. The molecule has 0 atom stereocenters. The van der Waals surface area contributed by atoms with Gasteiger partial charge in [-0.15, -0.1) is 0 Å². The summed E-state index contributed by atoms with van der Waals surface area (Å²) in [7, 11) is 1.57. The quantitative estimate of drug-likeness (QED) is 0.594. The van der Waals surface area contributed by atoms with Crippen LogP contribution in [-0.4, -0.2) is 31.3 Å². The van der Waals surface area contributed by atoms with Crippen LogP contribution >= 0.6 is 0 Å². The van der Waals surface area contributed by atoms with Crippen LogP contribution in [0.1, 0.15) is 39.7 Å². The molecule has 0 aliphatic heterocycles. The monoisotopic (exact) mass is 320 g/mol. The molecule has 0 fully saturated rings. The summed E-state index contributed by atoms with van der Waals surface area (Å²) in [4.78, 5) is 24.1. The molecule has 0 bridgehead atoms. The van der Waals surface area contributed by atoms with Gasteiger partial charge in [-0.1, -0.05) is 12.1 Å². The Bertz CT molecular complexity index is 581. The summed E-state index contributed by atoms with van der Waals surface area (Å²) in [6, 6.07) is 7.20. The summed E-state index contributed by atoms with van der Waals surface area (Å²) in [6.07, 6.45) is 1.47. The van der Waals surface area contributed by atoms with Crippen LogP contribution in [0.25, 0.3) is 6.08 Å². The van der Waals surface area contributed by atoms with Gasteiger partial charge in [0.1, 0.15) is 11.4 Å². The lowest BCUT2D eigenvalue weighted by molar-refractivity contribution is -0.155. The van der Waals surface area contributed by atoms with Gasteiger partial charge in [-0.2, -0.15) is 0 Å². The minimum absolute atomic E-state index is 0.146. The zero-order valence-electron chi connectivity index (χ0n) is 14.3. The van der Waals surface area contributed by atoms with Crippen LogP contribution < -0.4 is 4.74 Å². The number of carbonyl (C=O) groups excluding carboxylic acids is 2. The van der Waals surface area contributed by atoms with Crippen molar-refractivity contribution < 1.29 is 23.8 Å². The van der Waals surface area contributed by atoms with Gasteiger partial charge in [0.25, 0.3) is 0 Å². The number of carbonyl (C=O) groups is 2. The maximum absolute atomic E-state index is 12.1. The van der Waals surface area contributed by atoms with E-state index in [1.807, 2.05) is 6.07 Å². The van der Waals surface area contributed by atoms with Gasteiger partial charge in [0.05, 0.1) is 20.1 Å². The summed E-state index contributed by atoms with van der Waals surface area (Å²) in [5, 5.41) is 0. The van der Waals surface area contributed by atoms with E-state index in [0.29, 0.717) is 5.75 Å².